The van der Waals surface area contributed by atoms with Crippen LogP contribution < -0.4 is 0 Å². The molecule has 0 radical (unpaired) electrons. The minimum absolute atomic E-state index is 0. The van der Waals surface area contributed by atoms with Crippen molar-refractivity contribution in [1.82, 2.24) is 0 Å². The second-order valence-electron chi connectivity index (χ2n) is 2.53. The summed E-state index contributed by atoms with van der Waals surface area (Å²) >= 11 is 0.978. The van der Waals surface area contributed by atoms with E-state index in [0.29, 0.717) is 5.31 Å². The van der Waals surface area contributed by atoms with Crippen LogP contribution in [-0.2, 0) is 30.2 Å². The molecule has 0 aliphatic rings. The van der Waals surface area contributed by atoms with E-state index < -0.39 is 7.68 Å². The number of rotatable bonds is 3. The zero-order valence-electron chi connectivity index (χ0n) is 8.31. The summed E-state index contributed by atoms with van der Waals surface area (Å²) < 4.78 is 23.2. The van der Waals surface area contributed by atoms with Gasteiger partial charge in [0.1, 0.15) is 0 Å². The molecule has 0 aromatic heterocycles. The van der Waals surface area contributed by atoms with Crippen molar-refractivity contribution in [1.29, 1.82) is 0 Å². The molecule has 14 heavy (non-hydrogen) atoms. The Balaban J connectivity index is -0.000000605. The molecule has 0 aromatic carbocycles. The molecule has 0 N–H and O–H groups in total. The Morgan fingerprint density at radius 3 is 1.93 bits per heavy atom. The monoisotopic (exact) mass is 424 g/mol. The quantitative estimate of drug-likeness (QED) is 0.504. The van der Waals surface area contributed by atoms with E-state index >= 15 is 0 Å². The molecule has 0 spiro atoms. The van der Waals surface area contributed by atoms with Crippen LogP contribution in [-0.4, -0.2) is 0 Å². The van der Waals surface area contributed by atoms with Gasteiger partial charge in [0.15, 0.2) is 0 Å². The molecule has 0 saturated carbocycles. The van der Waals surface area contributed by atoms with E-state index in [1.165, 1.54) is 0 Å². The zero-order chi connectivity index (χ0) is 9.72. The molecule has 0 saturated heterocycles. The van der Waals surface area contributed by atoms with Gasteiger partial charge < -0.3 is 0 Å². The number of halogens is 2. The molecule has 0 heterocycles. The first-order valence-electron chi connectivity index (χ1n) is 3.70. The van der Waals surface area contributed by atoms with Crippen molar-refractivity contribution in [3.63, 3.8) is 0 Å². The Morgan fingerprint density at radius 2 is 1.71 bits per heavy atom. The average Bonchev–Trinajstić information content (AvgIpc) is 2.03. The molecule has 2 nitrogen and oxygen atoms in total. The second-order valence-corrected chi connectivity index (χ2v) is 4.45. The summed E-state index contributed by atoms with van der Waals surface area (Å²) in [6.07, 6.45) is 0.908. The van der Waals surface area contributed by atoms with Crippen molar-refractivity contribution in [3.8, 4) is 0 Å². The summed E-state index contributed by atoms with van der Waals surface area (Å²) in [6, 6.07) is 0. The number of allylic oxidation sites excluding steroid dienone is 3. The van der Waals surface area contributed by atoms with Gasteiger partial charge in [0.05, 0.1) is 0 Å². The number of hydrogen-bond donors (Lipinski definition) is 0. The van der Waals surface area contributed by atoms with E-state index in [-0.39, 0.29) is 24.8 Å². The van der Waals surface area contributed by atoms with Crippen LogP contribution in [0.4, 0.5) is 0 Å². The summed E-state index contributed by atoms with van der Waals surface area (Å²) in [5, 5.41) is 0.498. The predicted octanol–water partition coefficient (Wildman–Crippen LogP) is 4.14. The SMILES string of the molecule is CCC(C)=C(C)C(=[CH][Ta])P(=O)=O.Cl.Cl. The van der Waals surface area contributed by atoms with Gasteiger partial charge in [0.25, 0.3) is 0 Å². The Kier molecular flexibility index (Phi) is 14.7. The van der Waals surface area contributed by atoms with Gasteiger partial charge in [-0.15, -0.1) is 24.8 Å². The van der Waals surface area contributed by atoms with Gasteiger partial charge in [-0.3, -0.25) is 0 Å². The van der Waals surface area contributed by atoms with E-state index in [1.54, 1.807) is 4.29 Å². The van der Waals surface area contributed by atoms with Crippen molar-refractivity contribution in [2.24, 2.45) is 0 Å². The van der Waals surface area contributed by atoms with E-state index in [4.69, 9.17) is 0 Å². The smallest absolute Gasteiger partial charge is 0.147 e. The van der Waals surface area contributed by atoms with Crippen LogP contribution in [0.1, 0.15) is 27.2 Å². The van der Waals surface area contributed by atoms with E-state index in [0.717, 1.165) is 38.6 Å². The molecule has 0 aromatic rings. The minimum Gasteiger partial charge on any atom is -0.147 e. The normalized spacial score (nSPS) is 12.1. The number of hydrogen-bond acceptors (Lipinski definition) is 2. The second kappa shape index (κ2) is 10.2. The molecule has 0 atom stereocenters. The third-order valence-corrected chi connectivity index (χ3v) is 4.43. The van der Waals surface area contributed by atoms with Crippen LogP contribution in [0.2, 0.25) is 0 Å². The zero-order valence-corrected chi connectivity index (χ0v) is 14.1. The first-order chi connectivity index (χ1) is 5.54. The van der Waals surface area contributed by atoms with Crippen molar-refractivity contribution in [3.05, 3.63) is 20.8 Å². The summed E-state index contributed by atoms with van der Waals surface area (Å²) in [5.74, 6) is 0. The molecule has 0 amide bonds. The summed E-state index contributed by atoms with van der Waals surface area (Å²) in [6.45, 7) is 5.86. The van der Waals surface area contributed by atoms with Gasteiger partial charge in [-0.1, -0.05) is 0 Å². The van der Waals surface area contributed by atoms with Crippen molar-refractivity contribution in [2.45, 2.75) is 27.2 Å². The maximum Gasteiger partial charge on any atom is -0.147 e. The molecular formula is C8H14Cl2O2PTa. The maximum atomic E-state index is 10.7. The van der Waals surface area contributed by atoms with Crippen molar-refractivity contribution in [2.75, 3.05) is 0 Å². The molecular weight excluding hydrogens is 411 g/mol. The Morgan fingerprint density at radius 1 is 1.29 bits per heavy atom. The molecule has 0 bridgehead atoms. The Bertz CT molecular complexity index is 288. The Hall–Kier alpha value is 0.700. The van der Waals surface area contributed by atoms with Crippen LogP contribution in [0, 0.1) is 0 Å². The fourth-order valence-corrected chi connectivity index (χ4v) is 3.04. The largest absolute Gasteiger partial charge is 0.147 e. The van der Waals surface area contributed by atoms with Crippen LogP contribution in [0.3, 0.4) is 0 Å². The van der Waals surface area contributed by atoms with Crippen LogP contribution >= 0.6 is 32.5 Å². The average molecular weight is 425 g/mol. The standard InChI is InChI=1S/C8H12O2P.2ClH.Ta/c1-5-6(2)7(3)8(4)11(9)10;;;/h4H,5H2,1-3H3;2*1H;. The maximum absolute atomic E-state index is 10.7. The predicted molar refractivity (Wildman–Crippen MR) is 59.5 cm³/mol. The molecule has 0 aliphatic heterocycles. The van der Waals surface area contributed by atoms with Crippen molar-refractivity contribution >= 4 is 32.5 Å². The van der Waals surface area contributed by atoms with Gasteiger partial charge in [0.2, 0.25) is 0 Å². The molecule has 0 fully saturated rings. The van der Waals surface area contributed by atoms with Gasteiger partial charge in [0, 0.05) is 0 Å². The first kappa shape index (κ1) is 20.2. The van der Waals surface area contributed by atoms with Crippen LogP contribution in [0.15, 0.2) is 20.8 Å². The van der Waals surface area contributed by atoms with Crippen LogP contribution in [0.5, 0.6) is 0 Å². The van der Waals surface area contributed by atoms with Gasteiger partial charge in [-0.25, -0.2) is 0 Å². The van der Waals surface area contributed by atoms with E-state index in [1.807, 2.05) is 20.8 Å². The summed E-state index contributed by atoms with van der Waals surface area (Å²) in [7, 11) is -2.41. The third kappa shape index (κ3) is 6.23. The van der Waals surface area contributed by atoms with Gasteiger partial charge in [-0.2, -0.15) is 0 Å². The van der Waals surface area contributed by atoms with E-state index in [9.17, 15) is 9.13 Å². The van der Waals surface area contributed by atoms with Crippen molar-refractivity contribution < 1.29 is 30.2 Å². The summed E-state index contributed by atoms with van der Waals surface area (Å²) in [4.78, 5) is 0. The molecule has 0 aliphatic carbocycles. The molecule has 0 rings (SSSR count). The topological polar surface area (TPSA) is 34.1 Å². The van der Waals surface area contributed by atoms with E-state index in [2.05, 4.69) is 0 Å². The summed E-state index contributed by atoms with van der Waals surface area (Å²) in [5.41, 5.74) is 2.06. The van der Waals surface area contributed by atoms with Crippen LogP contribution in [0.25, 0.3) is 0 Å². The minimum atomic E-state index is -2.41. The fraction of sp³-hybridized carbons (Fsp3) is 0.500. The molecule has 6 heteroatoms. The molecule has 82 valence electrons. The van der Waals surface area contributed by atoms with Gasteiger partial charge in [-0.05, 0) is 0 Å². The molecule has 0 unspecified atom stereocenters. The Labute approximate surface area is 110 Å². The third-order valence-electron chi connectivity index (χ3n) is 1.87. The fourth-order valence-electron chi connectivity index (χ4n) is 0.765. The van der Waals surface area contributed by atoms with Gasteiger partial charge >= 0.3 is 85.8 Å². The first-order valence-corrected chi connectivity index (χ1v) is 6.73.